The first-order chi connectivity index (χ1) is 12.8. The lowest BCUT2D eigenvalue weighted by molar-refractivity contribution is -0.134. The highest BCUT2D eigenvalue weighted by Crippen LogP contribution is 2.34. The zero-order valence-electron chi connectivity index (χ0n) is 14.4. The Labute approximate surface area is 155 Å². The molecule has 4 heterocycles. The first-order valence-electron chi connectivity index (χ1n) is 9.06. The lowest BCUT2D eigenvalue weighted by Crippen LogP contribution is -2.39. The first kappa shape index (κ1) is 15.6. The van der Waals surface area contributed by atoms with E-state index >= 15 is 0 Å². The number of hydrogen-bond donors (Lipinski definition) is 1. The second-order valence-corrected chi connectivity index (χ2v) is 7.77. The molecule has 5 nitrogen and oxygen atoms in total. The number of nitrogens with zero attached hydrogens (tertiary/aromatic N) is 3. The fourth-order valence-corrected chi connectivity index (χ4v) is 4.90. The molecule has 1 atom stereocenters. The first-order valence-corrected chi connectivity index (χ1v) is 9.94. The number of H-pyrrole nitrogens is 1. The predicted molar refractivity (Wildman–Crippen MR) is 103 cm³/mol. The van der Waals surface area contributed by atoms with E-state index in [0.717, 1.165) is 52.8 Å². The van der Waals surface area contributed by atoms with Gasteiger partial charge >= 0.3 is 0 Å². The number of rotatable bonds is 3. The van der Waals surface area contributed by atoms with E-state index in [1.165, 1.54) is 0 Å². The molecule has 0 saturated carbocycles. The normalized spacial score (nSPS) is 18.0. The number of para-hydroxylation sites is 1. The predicted octanol–water partition coefficient (Wildman–Crippen LogP) is 4.17. The van der Waals surface area contributed by atoms with E-state index < -0.39 is 0 Å². The van der Waals surface area contributed by atoms with E-state index in [4.69, 9.17) is 0 Å². The van der Waals surface area contributed by atoms with Crippen LogP contribution in [-0.4, -0.2) is 31.7 Å². The number of hydrogen-bond acceptors (Lipinski definition) is 3. The third kappa shape index (κ3) is 2.52. The maximum Gasteiger partial charge on any atom is 0.227 e. The summed E-state index contributed by atoms with van der Waals surface area (Å²) in [6.07, 6.45) is 9.49. The van der Waals surface area contributed by atoms with Crippen LogP contribution in [0.15, 0.2) is 48.4 Å². The van der Waals surface area contributed by atoms with Crippen LogP contribution in [0.25, 0.3) is 15.7 Å². The Hall–Kier alpha value is -2.60. The lowest BCUT2D eigenvalue weighted by atomic mass is 9.98. The Morgan fingerprint density at radius 3 is 3.19 bits per heavy atom. The van der Waals surface area contributed by atoms with Gasteiger partial charge in [-0.25, -0.2) is 4.98 Å². The van der Waals surface area contributed by atoms with Crippen molar-refractivity contribution in [3.8, 4) is 0 Å². The number of thiazole rings is 1. The van der Waals surface area contributed by atoms with Crippen molar-refractivity contribution >= 4 is 33.0 Å². The molecule has 1 aliphatic rings. The topological polar surface area (TPSA) is 53.4 Å². The Morgan fingerprint density at radius 1 is 1.31 bits per heavy atom. The summed E-state index contributed by atoms with van der Waals surface area (Å²) in [5.41, 5.74) is 3.20. The molecular formula is C20H20N4OS. The number of carbonyl (C=O) groups is 1. The largest absolute Gasteiger partial charge is 0.361 e. The Morgan fingerprint density at radius 2 is 2.23 bits per heavy atom. The monoisotopic (exact) mass is 364 g/mol. The van der Waals surface area contributed by atoms with Crippen LogP contribution in [0.4, 0.5) is 0 Å². The number of amides is 1. The quantitative estimate of drug-likeness (QED) is 0.593. The molecule has 1 N–H and O–H groups in total. The van der Waals surface area contributed by atoms with Crippen molar-refractivity contribution < 1.29 is 4.79 Å². The molecule has 0 unspecified atom stereocenters. The average molecular weight is 364 g/mol. The number of likely N-dealkylation sites (tertiary alicyclic amines) is 1. The molecule has 4 aromatic rings. The number of benzene rings is 1. The maximum atomic E-state index is 13.2. The number of nitrogens with one attached hydrogen (secondary N) is 1. The molecular weight excluding hydrogens is 344 g/mol. The summed E-state index contributed by atoms with van der Waals surface area (Å²) in [5, 5.41) is 3.21. The molecule has 3 aromatic heterocycles. The van der Waals surface area contributed by atoms with Crippen molar-refractivity contribution in [2.45, 2.75) is 31.7 Å². The summed E-state index contributed by atoms with van der Waals surface area (Å²) in [6.45, 7) is 0.816. The fraction of sp³-hybridized carbons (Fsp3) is 0.300. The maximum absolute atomic E-state index is 13.2. The second kappa shape index (κ2) is 6.29. The van der Waals surface area contributed by atoms with Crippen LogP contribution in [0, 0.1) is 0 Å². The van der Waals surface area contributed by atoms with E-state index in [1.54, 1.807) is 11.3 Å². The molecule has 6 heteroatoms. The smallest absolute Gasteiger partial charge is 0.227 e. The standard InChI is InChI=1S/C20H20N4OS/c25-18(11-14-12-21-16-6-2-1-5-15(14)16)24-8-4-3-7-17(24)19-20-23(13-22-19)9-10-26-20/h1-2,5-6,9-10,12-13,17,21H,3-4,7-8,11H2/t17-/m0/s1. The Bertz CT molecular complexity index is 1080. The molecule has 0 aliphatic carbocycles. The minimum atomic E-state index is 0.0881. The van der Waals surface area contributed by atoms with Crippen LogP contribution in [0.5, 0.6) is 0 Å². The molecule has 26 heavy (non-hydrogen) atoms. The van der Waals surface area contributed by atoms with Crippen molar-refractivity contribution in [2.75, 3.05) is 6.54 Å². The molecule has 1 amide bonds. The number of imidazole rings is 1. The lowest BCUT2D eigenvalue weighted by Gasteiger charge is -2.35. The van der Waals surface area contributed by atoms with Crippen molar-refractivity contribution in [3.05, 3.63) is 59.6 Å². The molecule has 1 aromatic carbocycles. The minimum absolute atomic E-state index is 0.0881. The van der Waals surface area contributed by atoms with Crippen LogP contribution in [0.1, 0.15) is 36.6 Å². The van der Waals surface area contributed by atoms with E-state index in [9.17, 15) is 4.79 Å². The highest BCUT2D eigenvalue weighted by atomic mass is 32.1. The second-order valence-electron chi connectivity index (χ2n) is 6.88. The van der Waals surface area contributed by atoms with Crippen molar-refractivity contribution in [3.63, 3.8) is 0 Å². The van der Waals surface area contributed by atoms with E-state index in [2.05, 4.69) is 25.8 Å². The van der Waals surface area contributed by atoms with Crippen molar-refractivity contribution in [2.24, 2.45) is 0 Å². The van der Waals surface area contributed by atoms with Crippen LogP contribution >= 0.6 is 11.3 Å². The van der Waals surface area contributed by atoms with Gasteiger partial charge in [0.1, 0.15) is 11.2 Å². The summed E-state index contributed by atoms with van der Waals surface area (Å²) in [6, 6.07) is 8.24. The van der Waals surface area contributed by atoms with Crippen molar-refractivity contribution in [1.29, 1.82) is 0 Å². The van der Waals surface area contributed by atoms with Crippen molar-refractivity contribution in [1.82, 2.24) is 19.3 Å². The van der Waals surface area contributed by atoms with Crippen LogP contribution < -0.4 is 0 Å². The van der Waals surface area contributed by atoms with Gasteiger partial charge in [-0.1, -0.05) is 18.2 Å². The Kier molecular flexibility index (Phi) is 3.78. The summed E-state index contributed by atoms with van der Waals surface area (Å²) in [7, 11) is 0. The highest BCUT2D eigenvalue weighted by molar-refractivity contribution is 7.15. The molecule has 132 valence electrons. The molecule has 5 rings (SSSR count). The third-order valence-corrected chi connectivity index (χ3v) is 6.23. The zero-order chi connectivity index (χ0) is 17.5. The van der Waals surface area contributed by atoms with E-state index in [1.807, 2.05) is 41.8 Å². The van der Waals surface area contributed by atoms with Gasteiger partial charge in [0.15, 0.2) is 0 Å². The zero-order valence-corrected chi connectivity index (χ0v) is 15.2. The van der Waals surface area contributed by atoms with Gasteiger partial charge in [-0.2, -0.15) is 0 Å². The van der Waals surface area contributed by atoms with Gasteiger partial charge in [-0.05, 0) is 30.9 Å². The van der Waals surface area contributed by atoms with Gasteiger partial charge in [-0.3, -0.25) is 9.20 Å². The molecule has 1 saturated heterocycles. The number of aromatic nitrogens is 3. The number of piperidine rings is 1. The Balaban J connectivity index is 1.45. The number of aromatic amines is 1. The third-order valence-electron chi connectivity index (χ3n) is 5.33. The van der Waals surface area contributed by atoms with Gasteiger partial charge in [0.25, 0.3) is 0 Å². The molecule has 1 fully saturated rings. The SMILES string of the molecule is O=C(Cc1c[nH]c2ccccc12)N1CCCC[C@H]1c1ncn2ccsc12. The summed E-state index contributed by atoms with van der Waals surface area (Å²) in [5.74, 6) is 0.192. The number of fused-ring (bicyclic) bond motifs is 2. The van der Waals surface area contributed by atoms with Gasteiger partial charge in [0.05, 0.1) is 18.2 Å². The van der Waals surface area contributed by atoms with E-state index in [0.29, 0.717) is 6.42 Å². The van der Waals surface area contributed by atoms with Crippen LogP contribution in [0.2, 0.25) is 0 Å². The van der Waals surface area contributed by atoms with Crippen LogP contribution in [-0.2, 0) is 11.2 Å². The summed E-state index contributed by atoms with van der Waals surface area (Å²) >= 11 is 1.69. The van der Waals surface area contributed by atoms with Gasteiger partial charge in [0.2, 0.25) is 5.91 Å². The van der Waals surface area contributed by atoms with Gasteiger partial charge < -0.3 is 9.88 Å². The average Bonchev–Trinajstić information content (AvgIpc) is 3.38. The molecule has 1 aliphatic heterocycles. The fourth-order valence-electron chi connectivity index (χ4n) is 4.04. The minimum Gasteiger partial charge on any atom is -0.361 e. The van der Waals surface area contributed by atoms with Crippen LogP contribution in [0.3, 0.4) is 0 Å². The summed E-state index contributed by atoms with van der Waals surface area (Å²) in [4.78, 5) is 24.3. The van der Waals surface area contributed by atoms with Gasteiger partial charge in [0, 0.05) is 35.2 Å². The number of carbonyl (C=O) groups excluding carboxylic acids is 1. The molecule has 0 spiro atoms. The summed E-state index contributed by atoms with van der Waals surface area (Å²) < 4.78 is 2.05. The van der Waals surface area contributed by atoms with E-state index in [-0.39, 0.29) is 11.9 Å². The molecule has 0 bridgehead atoms. The highest BCUT2D eigenvalue weighted by Gasteiger charge is 2.31. The molecule has 0 radical (unpaired) electrons. The van der Waals surface area contributed by atoms with Gasteiger partial charge in [-0.15, -0.1) is 11.3 Å².